The predicted molar refractivity (Wildman–Crippen MR) is 81.9 cm³/mol. The summed E-state index contributed by atoms with van der Waals surface area (Å²) in [5, 5.41) is 31.0. The maximum absolute atomic E-state index is 11.9. The molecule has 25 heavy (non-hydrogen) atoms. The number of hydrogen-bond acceptors (Lipinski definition) is 7. The molecule has 11 nitrogen and oxygen atoms in total. The number of nitrogens with zero attached hydrogens (tertiary/aromatic N) is 1. The fraction of sp³-hybridized carbons (Fsp3) is 0.571. The van der Waals surface area contributed by atoms with Crippen molar-refractivity contribution in [2.75, 3.05) is 6.54 Å². The molecule has 1 aliphatic heterocycles. The Hall–Kier alpha value is -2.50. The number of carboxylic acids is 1. The fourth-order valence-electron chi connectivity index (χ4n) is 2.43. The minimum absolute atomic E-state index is 0.176. The Bertz CT molecular complexity index is 770. The van der Waals surface area contributed by atoms with Crippen molar-refractivity contribution in [2.45, 2.75) is 44.3 Å². The van der Waals surface area contributed by atoms with E-state index in [1.54, 1.807) is 0 Å². The molecule has 0 saturated carbocycles. The first kappa shape index (κ1) is 18.8. The van der Waals surface area contributed by atoms with Gasteiger partial charge in [0.05, 0.1) is 6.42 Å². The van der Waals surface area contributed by atoms with E-state index in [-0.39, 0.29) is 24.9 Å². The molecule has 0 bridgehead atoms. The van der Waals surface area contributed by atoms with Crippen LogP contribution in [0.15, 0.2) is 15.8 Å². The molecule has 1 saturated heterocycles. The lowest BCUT2D eigenvalue weighted by molar-refractivity contribution is -0.138. The van der Waals surface area contributed by atoms with E-state index in [2.05, 4.69) is 10.3 Å². The van der Waals surface area contributed by atoms with Gasteiger partial charge in [-0.05, 0) is 6.92 Å². The second-order valence-corrected chi connectivity index (χ2v) is 5.72. The summed E-state index contributed by atoms with van der Waals surface area (Å²) in [5.41, 5.74) is -1.16. The summed E-state index contributed by atoms with van der Waals surface area (Å²) in [6.45, 7) is 1.29. The Morgan fingerprint density at radius 1 is 1.28 bits per heavy atom. The van der Waals surface area contributed by atoms with Gasteiger partial charge in [-0.25, -0.2) is 4.79 Å². The normalized spacial score (nSPS) is 25.7. The monoisotopic (exact) mass is 357 g/mol. The maximum atomic E-state index is 11.9. The summed E-state index contributed by atoms with van der Waals surface area (Å²) in [7, 11) is 0. The van der Waals surface area contributed by atoms with E-state index in [4.69, 9.17) is 9.84 Å². The van der Waals surface area contributed by atoms with Gasteiger partial charge >= 0.3 is 11.7 Å². The number of aliphatic carboxylic acids is 1. The number of carbonyl (C=O) groups is 2. The molecule has 0 aliphatic carbocycles. The number of rotatable bonds is 6. The fourth-order valence-corrected chi connectivity index (χ4v) is 2.43. The van der Waals surface area contributed by atoms with E-state index in [9.17, 15) is 29.4 Å². The van der Waals surface area contributed by atoms with Crippen molar-refractivity contribution in [1.29, 1.82) is 0 Å². The molecule has 0 aromatic carbocycles. The Morgan fingerprint density at radius 2 is 1.96 bits per heavy atom. The topological polar surface area (TPSA) is 171 Å². The van der Waals surface area contributed by atoms with Crippen LogP contribution in [0.25, 0.3) is 0 Å². The van der Waals surface area contributed by atoms with Crippen molar-refractivity contribution in [3.63, 3.8) is 0 Å². The molecular weight excluding hydrogens is 338 g/mol. The van der Waals surface area contributed by atoms with Crippen molar-refractivity contribution in [1.82, 2.24) is 14.9 Å². The lowest BCUT2D eigenvalue weighted by atomic mass is 10.1. The van der Waals surface area contributed by atoms with E-state index in [1.807, 2.05) is 0 Å². The van der Waals surface area contributed by atoms with Crippen molar-refractivity contribution >= 4 is 11.9 Å². The second-order valence-electron chi connectivity index (χ2n) is 5.72. The quantitative estimate of drug-likeness (QED) is 0.370. The van der Waals surface area contributed by atoms with Crippen LogP contribution >= 0.6 is 0 Å². The van der Waals surface area contributed by atoms with Crippen LogP contribution in [-0.2, 0) is 14.3 Å². The molecule has 11 heteroatoms. The zero-order valence-corrected chi connectivity index (χ0v) is 13.3. The number of aliphatic hydroxyl groups is 2. The molecule has 5 N–H and O–H groups in total. The van der Waals surface area contributed by atoms with Crippen molar-refractivity contribution < 1.29 is 29.6 Å². The van der Waals surface area contributed by atoms with Crippen LogP contribution in [0.1, 0.15) is 24.6 Å². The predicted octanol–water partition coefficient (Wildman–Crippen LogP) is -2.55. The van der Waals surface area contributed by atoms with Gasteiger partial charge in [-0.3, -0.25) is 23.9 Å². The van der Waals surface area contributed by atoms with Gasteiger partial charge in [0.15, 0.2) is 6.23 Å². The number of ether oxygens (including phenoxy) is 1. The highest BCUT2D eigenvalue weighted by atomic mass is 16.6. The average Bonchev–Trinajstić information content (AvgIpc) is 2.82. The Balaban J connectivity index is 2.05. The highest BCUT2D eigenvalue weighted by Crippen LogP contribution is 2.28. The lowest BCUT2D eigenvalue weighted by Gasteiger charge is -2.17. The number of aromatic amines is 1. The highest BCUT2D eigenvalue weighted by Gasteiger charge is 2.44. The van der Waals surface area contributed by atoms with Crippen LogP contribution < -0.4 is 16.6 Å². The molecule has 0 spiro atoms. The minimum Gasteiger partial charge on any atom is -0.481 e. The molecule has 1 aromatic rings. The van der Waals surface area contributed by atoms with Gasteiger partial charge in [-0.1, -0.05) is 0 Å². The van der Waals surface area contributed by atoms with Gasteiger partial charge in [0, 0.05) is 24.7 Å². The molecule has 2 rings (SSSR count). The number of amides is 1. The molecule has 0 unspecified atom stereocenters. The number of hydrogen-bond donors (Lipinski definition) is 5. The standard InChI is InChI=1S/C14H19N3O8/c1-6-5-17(14(24)16-12(6)23)13-11(22)10(21)7(25-13)4-15-8(18)2-3-9(19)20/h5,7,10-11,13,21-22H,2-4H2,1H3,(H,15,18)(H,19,20)(H,16,23,24)/t7-,10-,11-,13-/m1/s1. The van der Waals surface area contributed by atoms with Crippen LogP contribution in [0.5, 0.6) is 0 Å². The molecule has 1 fully saturated rings. The van der Waals surface area contributed by atoms with Gasteiger partial charge in [0.1, 0.15) is 18.3 Å². The summed E-state index contributed by atoms with van der Waals surface area (Å²) in [6, 6.07) is 0. The molecule has 1 amide bonds. The Morgan fingerprint density at radius 3 is 2.60 bits per heavy atom. The lowest BCUT2D eigenvalue weighted by Crippen LogP contribution is -2.40. The van der Waals surface area contributed by atoms with Crippen LogP contribution in [0.2, 0.25) is 0 Å². The first-order chi connectivity index (χ1) is 11.7. The van der Waals surface area contributed by atoms with Gasteiger partial charge in [0.2, 0.25) is 5.91 Å². The van der Waals surface area contributed by atoms with Gasteiger partial charge in [0.25, 0.3) is 5.56 Å². The number of nitrogens with one attached hydrogen (secondary N) is 2. The largest absolute Gasteiger partial charge is 0.481 e. The third kappa shape index (κ3) is 4.32. The third-order valence-electron chi connectivity index (χ3n) is 3.82. The van der Waals surface area contributed by atoms with Gasteiger partial charge in [-0.2, -0.15) is 0 Å². The summed E-state index contributed by atoms with van der Waals surface area (Å²) in [5.74, 6) is -1.66. The average molecular weight is 357 g/mol. The van der Waals surface area contributed by atoms with E-state index in [1.165, 1.54) is 13.1 Å². The maximum Gasteiger partial charge on any atom is 0.330 e. The zero-order chi connectivity index (χ0) is 18.7. The Labute approximate surface area is 140 Å². The zero-order valence-electron chi connectivity index (χ0n) is 13.3. The van der Waals surface area contributed by atoms with Crippen LogP contribution in [-0.4, -0.2) is 61.6 Å². The molecule has 138 valence electrons. The second kappa shape index (κ2) is 7.59. The molecule has 1 aliphatic rings. The summed E-state index contributed by atoms with van der Waals surface area (Å²) >= 11 is 0. The number of H-pyrrole nitrogens is 1. The first-order valence-electron chi connectivity index (χ1n) is 7.53. The number of aromatic nitrogens is 2. The van der Waals surface area contributed by atoms with Crippen LogP contribution in [0.3, 0.4) is 0 Å². The molecular formula is C14H19N3O8. The molecule has 2 heterocycles. The number of carboxylic acid groups (broad SMARTS) is 1. The molecule has 1 aromatic heterocycles. The molecule has 0 radical (unpaired) electrons. The summed E-state index contributed by atoms with van der Waals surface area (Å²) in [6.07, 6.45) is -4.45. The number of carbonyl (C=O) groups excluding carboxylic acids is 1. The van der Waals surface area contributed by atoms with Crippen molar-refractivity contribution in [3.05, 3.63) is 32.6 Å². The minimum atomic E-state index is -1.45. The number of aryl methyl sites for hydroxylation is 1. The van der Waals surface area contributed by atoms with E-state index in [0.29, 0.717) is 0 Å². The first-order valence-corrected chi connectivity index (χ1v) is 7.53. The summed E-state index contributed by atoms with van der Waals surface area (Å²) in [4.78, 5) is 47.2. The highest BCUT2D eigenvalue weighted by molar-refractivity contribution is 5.80. The number of aliphatic hydroxyl groups excluding tert-OH is 2. The van der Waals surface area contributed by atoms with Gasteiger partial charge < -0.3 is 25.4 Å². The smallest absolute Gasteiger partial charge is 0.330 e. The van der Waals surface area contributed by atoms with Crippen molar-refractivity contribution in [2.24, 2.45) is 0 Å². The van der Waals surface area contributed by atoms with Crippen LogP contribution in [0.4, 0.5) is 0 Å². The Kier molecular flexibility index (Phi) is 5.72. The van der Waals surface area contributed by atoms with E-state index in [0.717, 1.165) is 4.57 Å². The van der Waals surface area contributed by atoms with E-state index < -0.39 is 47.7 Å². The van der Waals surface area contributed by atoms with Crippen molar-refractivity contribution in [3.8, 4) is 0 Å². The van der Waals surface area contributed by atoms with Crippen LogP contribution in [0, 0.1) is 6.92 Å². The van der Waals surface area contributed by atoms with Gasteiger partial charge in [-0.15, -0.1) is 0 Å². The summed E-state index contributed by atoms with van der Waals surface area (Å²) < 4.78 is 6.39. The van der Waals surface area contributed by atoms with E-state index >= 15 is 0 Å². The SMILES string of the molecule is Cc1cn([C@@H]2O[C@H](CNC(=O)CCC(=O)O)[C@@H](O)[C@H]2O)c(=O)[nH]c1=O. The third-order valence-corrected chi connectivity index (χ3v) is 3.82. The molecule has 4 atom stereocenters.